The third-order valence-corrected chi connectivity index (χ3v) is 4.36. The predicted octanol–water partition coefficient (Wildman–Crippen LogP) is 4.82. The van der Waals surface area contributed by atoms with Crippen LogP contribution in [-0.2, 0) is 0 Å². The monoisotopic (exact) mass is 236 g/mol. The van der Waals surface area contributed by atoms with Gasteiger partial charge in [0.25, 0.3) is 0 Å². The number of allylic oxidation sites excluding steroid dienone is 3. The molecule has 1 aliphatic carbocycles. The average Bonchev–Trinajstić information content (AvgIpc) is 2.47. The maximum Gasteiger partial charge on any atom is 0.000883 e. The van der Waals surface area contributed by atoms with E-state index in [1.165, 1.54) is 17.3 Å². The first-order valence-electron chi connectivity index (χ1n) is 5.97. The molecule has 0 nitrogen and oxygen atoms in total. The topological polar surface area (TPSA) is 0 Å². The largest absolute Gasteiger partial charge is 0.113 e. The van der Waals surface area contributed by atoms with Gasteiger partial charge >= 0.3 is 0 Å². The molecule has 0 spiro atoms. The Bertz CT molecular complexity index is 355. The molecule has 0 aromatic heterocycles. The van der Waals surface area contributed by atoms with E-state index in [1.54, 1.807) is 0 Å². The van der Waals surface area contributed by atoms with Crippen molar-refractivity contribution in [2.75, 3.05) is 19.5 Å². The molecule has 0 radical (unpaired) electrons. The lowest BCUT2D eigenvalue weighted by atomic mass is 9.86. The van der Waals surface area contributed by atoms with Crippen LogP contribution in [-0.4, -0.2) is 19.5 Å². The molecule has 1 rings (SSSR count). The highest BCUT2D eigenvalue weighted by atomic mass is 31.1. The SMILES string of the molecule is CP(C)CC(C)(C)C1=C=C(C(C)(C)C)C=C1. The van der Waals surface area contributed by atoms with E-state index < -0.39 is 0 Å². The average molecular weight is 236 g/mol. The second-order valence-corrected chi connectivity index (χ2v) is 9.13. The summed E-state index contributed by atoms with van der Waals surface area (Å²) < 4.78 is 0. The fourth-order valence-corrected chi connectivity index (χ4v) is 3.85. The highest BCUT2D eigenvalue weighted by molar-refractivity contribution is 7.56. The smallest absolute Gasteiger partial charge is 0.000883 e. The molecule has 1 heteroatoms. The van der Waals surface area contributed by atoms with Gasteiger partial charge in [0.15, 0.2) is 0 Å². The van der Waals surface area contributed by atoms with Gasteiger partial charge in [0, 0.05) is 11.0 Å². The minimum atomic E-state index is 0.149. The third kappa shape index (κ3) is 3.34. The fraction of sp³-hybridized carbons (Fsp3) is 0.667. The Hall–Kier alpha value is -0.310. The Morgan fingerprint density at radius 1 is 1.00 bits per heavy atom. The van der Waals surface area contributed by atoms with Crippen LogP contribution in [0.15, 0.2) is 29.0 Å². The lowest BCUT2D eigenvalue weighted by Crippen LogP contribution is -2.16. The van der Waals surface area contributed by atoms with Gasteiger partial charge in [-0.25, -0.2) is 0 Å². The lowest BCUT2D eigenvalue weighted by molar-refractivity contribution is 0.515. The molecule has 16 heavy (non-hydrogen) atoms. The summed E-state index contributed by atoms with van der Waals surface area (Å²) in [5, 5.41) is 0. The van der Waals surface area contributed by atoms with E-state index in [0.717, 1.165) is 0 Å². The van der Waals surface area contributed by atoms with Gasteiger partial charge in [-0.2, -0.15) is 0 Å². The molecule has 0 aliphatic heterocycles. The van der Waals surface area contributed by atoms with Crippen LogP contribution in [0.25, 0.3) is 0 Å². The third-order valence-electron chi connectivity index (χ3n) is 2.93. The standard InChI is InChI=1S/C15H25P/c1-14(2,3)12-8-9-13(10-12)15(4,5)11-16(6)7/h8-9H,11H2,1-7H3. The van der Waals surface area contributed by atoms with E-state index in [9.17, 15) is 0 Å². The minimum absolute atomic E-state index is 0.149. The van der Waals surface area contributed by atoms with Crippen molar-refractivity contribution >= 4 is 7.92 Å². The van der Waals surface area contributed by atoms with Crippen molar-refractivity contribution in [3.8, 4) is 0 Å². The van der Waals surface area contributed by atoms with Crippen molar-refractivity contribution in [1.82, 2.24) is 0 Å². The molecule has 0 amide bonds. The predicted molar refractivity (Wildman–Crippen MR) is 76.6 cm³/mol. The van der Waals surface area contributed by atoms with Crippen LogP contribution in [0, 0.1) is 10.8 Å². The summed E-state index contributed by atoms with van der Waals surface area (Å²) in [4.78, 5) is 0. The zero-order valence-electron chi connectivity index (χ0n) is 11.8. The van der Waals surface area contributed by atoms with Crippen LogP contribution in [0.4, 0.5) is 0 Å². The van der Waals surface area contributed by atoms with E-state index in [-0.39, 0.29) is 18.8 Å². The molecule has 0 atom stereocenters. The summed E-state index contributed by atoms with van der Waals surface area (Å²) in [5.74, 6) is 0. The van der Waals surface area contributed by atoms with Crippen LogP contribution in [0.1, 0.15) is 34.6 Å². The second-order valence-electron chi connectivity index (χ2n) is 6.66. The van der Waals surface area contributed by atoms with Gasteiger partial charge in [-0.3, -0.25) is 0 Å². The van der Waals surface area contributed by atoms with Gasteiger partial charge in [-0.15, -0.1) is 13.7 Å². The van der Waals surface area contributed by atoms with E-state index in [0.29, 0.717) is 0 Å². The Labute approximate surface area is 102 Å². The van der Waals surface area contributed by atoms with Crippen molar-refractivity contribution in [3.05, 3.63) is 29.0 Å². The van der Waals surface area contributed by atoms with Gasteiger partial charge in [-0.1, -0.05) is 34.6 Å². The van der Waals surface area contributed by atoms with Gasteiger partial charge in [0.05, 0.1) is 0 Å². The molecule has 0 saturated carbocycles. The van der Waals surface area contributed by atoms with Gasteiger partial charge in [0.2, 0.25) is 0 Å². The molecule has 0 saturated heterocycles. The van der Waals surface area contributed by atoms with Crippen molar-refractivity contribution in [3.63, 3.8) is 0 Å². The summed E-state index contributed by atoms with van der Waals surface area (Å²) in [5.41, 5.74) is 6.83. The molecule has 0 fully saturated rings. The van der Waals surface area contributed by atoms with Crippen molar-refractivity contribution in [1.29, 1.82) is 0 Å². The van der Waals surface area contributed by atoms with Crippen molar-refractivity contribution < 1.29 is 0 Å². The molecule has 0 aromatic rings. The first-order valence-corrected chi connectivity index (χ1v) is 8.40. The summed E-state index contributed by atoms with van der Waals surface area (Å²) >= 11 is 0. The minimum Gasteiger partial charge on any atom is -0.113 e. The number of hydrogen-bond donors (Lipinski definition) is 0. The van der Waals surface area contributed by atoms with Crippen LogP contribution in [0.2, 0.25) is 0 Å². The van der Waals surface area contributed by atoms with E-state index >= 15 is 0 Å². The zero-order chi connectivity index (χ0) is 12.6. The quantitative estimate of drug-likeness (QED) is 0.486. The zero-order valence-corrected chi connectivity index (χ0v) is 12.7. The highest BCUT2D eigenvalue weighted by Crippen LogP contribution is 2.42. The molecule has 0 bridgehead atoms. The van der Waals surface area contributed by atoms with Crippen LogP contribution in [0.5, 0.6) is 0 Å². The van der Waals surface area contributed by atoms with Gasteiger partial charge in [0.1, 0.15) is 0 Å². The second kappa shape index (κ2) is 4.52. The highest BCUT2D eigenvalue weighted by Gasteiger charge is 2.26. The molecule has 1 aliphatic rings. The fourth-order valence-electron chi connectivity index (χ4n) is 2.10. The molecule has 0 unspecified atom stereocenters. The lowest BCUT2D eigenvalue weighted by Gasteiger charge is -2.26. The van der Waals surface area contributed by atoms with Crippen LogP contribution in [0.3, 0.4) is 0 Å². The van der Waals surface area contributed by atoms with E-state index in [2.05, 4.69) is 65.8 Å². The van der Waals surface area contributed by atoms with E-state index in [4.69, 9.17) is 0 Å². The number of rotatable bonds is 3. The molecule has 0 N–H and O–H groups in total. The van der Waals surface area contributed by atoms with Crippen LogP contribution < -0.4 is 0 Å². The molecule has 0 aromatic carbocycles. The Balaban J connectivity index is 3.00. The van der Waals surface area contributed by atoms with Crippen LogP contribution >= 0.6 is 7.92 Å². The summed E-state index contributed by atoms with van der Waals surface area (Å²) in [6.45, 7) is 16.1. The molecule has 90 valence electrons. The normalized spacial score (nSPS) is 16.8. The van der Waals surface area contributed by atoms with Crippen molar-refractivity contribution in [2.24, 2.45) is 10.8 Å². The number of hydrogen-bond acceptors (Lipinski definition) is 0. The molecular formula is C15H25P. The first kappa shape index (κ1) is 13.8. The van der Waals surface area contributed by atoms with Gasteiger partial charge < -0.3 is 0 Å². The summed E-state index contributed by atoms with van der Waals surface area (Å²) in [6.07, 6.45) is 5.79. The Morgan fingerprint density at radius 2 is 1.50 bits per heavy atom. The molecule has 0 heterocycles. The molecular weight excluding hydrogens is 211 g/mol. The Morgan fingerprint density at radius 3 is 1.88 bits per heavy atom. The van der Waals surface area contributed by atoms with Crippen molar-refractivity contribution in [2.45, 2.75) is 34.6 Å². The maximum absolute atomic E-state index is 3.61. The summed E-state index contributed by atoms with van der Waals surface area (Å²) in [7, 11) is 0.149. The first-order chi connectivity index (χ1) is 7.13. The maximum atomic E-state index is 3.61. The van der Waals surface area contributed by atoms with E-state index in [1.807, 2.05) is 0 Å². The summed E-state index contributed by atoms with van der Waals surface area (Å²) in [6, 6.07) is 0. The Kier molecular flexibility index (Phi) is 3.88. The van der Waals surface area contributed by atoms with Gasteiger partial charge in [-0.05, 0) is 42.6 Å².